The molecule has 12 aromatic carbocycles. The lowest BCUT2D eigenvalue weighted by molar-refractivity contribution is 0.661. The van der Waals surface area contributed by atoms with Crippen LogP contribution in [0, 0.1) is 0 Å². The molecule has 0 unspecified atom stereocenters. The SMILES string of the molecule is CC1(C)c2cc(-c3ccccc3)ccc2-c2ccc(-c3c4ccc(N5c6ccccc6[Si](C)(C)c6ccccc65)cc4c(-c4ccc5ccccc5c4)c4ccc(N5c6ccccc6[Si](C)(C)c6ccccc65)cc34)cc21. The molecule has 0 fully saturated rings. The Labute approximate surface area is 454 Å². The van der Waals surface area contributed by atoms with Crippen LogP contribution in [0.4, 0.5) is 34.1 Å². The summed E-state index contributed by atoms with van der Waals surface area (Å²) in [4.78, 5) is 5.10. The molecular weight excluding hydrogens is 961 g/mol. The maximum atomic E-state index is 2.55. The highest BCUT2D eigenvalue weighted by Crippen LogP contribution is 2.54. The highest BCUT2D eigenvalue weighted by Gasteiger charge is 2.41. The highest BCUT2D eigenvalue weighted by molar-refractivity contribution is 7.03. The minimum Gasteiger partial charge on any atom is -0.311 e. The van der Waals surface area contributed by atoms with Gasteiger partial charge in [0.05, 0.1) is 0 Å². The van der Waals surface area contributed by atoms with Crippen LogP contribution in [-0.4, -0.2) is 16.1 Å². The summed E-state index contributed by atoms with van der Waals surface area (Å²) >= 11 is 0. The molecule has 0 spiro atoms. The molecule has 0 atom stereocenters. The van der Waals surface area contributed by atoms with Gasteiger partial charge in [-0.05, 0) is 175 Å². The van der Waals surface area contributed by atoms with Gasteiger partial charge in [-0.3, -0.25) is 0 Å². The second kappa shape index (κ2) is 16.7. The quantitative estimate of drug-likeness (QED) is 0.125. The van der Waals surface area contributed by atoms with Gasteiger partial charge in [-0.15, -0.1) is 0 Å². The van der Waals surface area contributed by atoms with Crippen molar-refractivity contribution in [1.29, 1.82) is 0 Å². The van der Waals surface area contributed by atoms with Gasteiger partial charge in [0.15, 0.2) is 0 Å². The molecule has 0 N–H and O–H groups in total. The Morgan fingerprint density at radius 2 is 0.688 bits per heavy atom. The molecule has 368 valence electrons. The van der Waals surface area contributed by atoms with Crippen molar-refractivity contribution < 1.29 is 0 Å². The zero-order chi connectivity index (χ0) is 52.0. The maximum Gasteiger partial charge on any atom is 0.117 e. The Morgan fingerprint density at radius 3 is 1.18 bits per heavy atom. The van der Waals surface area contributed by atoms with Crippen LogP contribution in [0.3, 0.4) is 0 Å². The summed E-state index contributed by atoms with van der Waals surface area (Å²) in [5.41, 5.74) is 20.1. The van der Waals surface area contributed by atoms with E-state index in [0.29, 0.717) is 0 Å². The molecule has 0 radical (unpaired) electrons. The fourth-order valence-corrected chi connectivity index (χ4v) is 20.0. The lowest BCUT2D eigenvalue weighted by Crippen LogP contribution is -2.58. The molecule has 0 bridgehead atoms. The first-order chi connectivity index (χ1) is 37.5. The molecule has 4 heteroatoms. The molecule has 2 aliphatic heterocycles. The summed E-state index contributed by atoms with van der Waals surface area (Å²) in [7, 11) is -4.04. The standard InChI is InChI=1S/C73H58N2Si2/c1-73(2)61-43-50(47-20-8-7-9-21-47)34-38-55(61)56-39-35-52(44-62(56)73)72-58-41-37-53(74-63-24-12-16-28-67(63)76(3,4)68-29-17-13-25-64(68)74)45-59(58)71(51-33-32-48-22-10-11-23-49(48)42-51)57-40-36-54(46-60(57)72)75-65-26-14-18-30-69(65)77(5,6)70-31-19-15-27-66(70)75/h7-46H,1-6H3. The Kier molecular flexibility index (Phi) is 9.95. The van der Waals surface area contributed by atoms with Crippen molar-refractivity contribution in [2.75, 3.05) is 9.80 Å². The predicted octanol–water partition coefficient (Wildman–Crippen LogP) is 17.7. The fraction of sp³-hybridized carbons (Fsp3) is 0.0959. The van der Waals surface area contributed by atoms with E-state index in [1.165, 1.54) is 143 Å². The van der Waals surface area contributed by atoms with E-state index in [1.54, 1.807) is 0 Å². The van der Waals surface area contributed by atoms with Gasteiger partial charge in [0.1, 0.15) is 16.1 Å². The molecule has 77 heavy (non-hydrogen) atoms. The molecule has 2 heterocycles. The van der Waals surface area contributed by atoms with Crippen molar-refractivity contribution >= 4 is 103 Å². The van der Waals surface area contributed by atoms with Gasteiger partial charge in [-0.1, -0.05) is 216 Å². The van der Waals surface area contributed by atoms with Gasteiger partial charge in [0.2, 0.25) is 0 Å². The largest absolute Gasteiger partial charge is 0.311 e. The van der Waals surface area contributed by atoms with Crippen molar-refractivity contribution in [2.45, 2.75) is 45.5 Å². The Bertz CT molecular complexity index is 4350. The third-order valence-corrected chi connectivity index (χ3v) is 25.1. The minimum atomic E-state index is -2.02. The van der Waals surface area contributed by atoms with E-state index in [4.69, 9.17) is 0 Å². The zero-order valence-corrected chi connectivity index (χ0v) is 46.5. The number of para-hydroxylation sites is 4. The Hall–Kier alpha value is -8.55. The lowest BCUT2D eigenvalue weighted by Gasteiger charge is -2.41. The summed E-state index contributed by atoms with van der Waals surface area (Å²) in [6.07, 6.45) is 0. The summed E-state index contributed by atoms with van der Waals surface area (Å²) in [6, 6.07) is 92.7. The normalized spacial score (nSPS) is 15.1. The highest BCUT2D eigenvalue weighted by atomic mass is 28.3. The number of hydrogen-bond donors (Lipinski definition) is 0. The van der Waals surface area contributed by atoms with E-state index >= 15 is 0 Å². The third-order valence-electron chi connectivity index (χ3n) is 18.0. The van der Waals surface area contributed by atoms with Crippen LogP contribution in [0.1, 0.15) is 25.0 Å². The molecule has 0 saturated carbocycles. The van der Waals surface area contributed by atoms with Crippen molar-refractivity contribution in [1.82, 2.24) is 0 Å². The van der Waals surface area contributed by atoms with E-state index in [9.17, 15) is 0 Å². The van der Waals surface area contributed by atoms with Crippen LogP contribution in [-0.2, 0) is 5.41 Å². The Balaban J connectivity index is 1.04. The Morgan fingerprint density at radius 1 is 0.299 bits per heavy atom. The van der Waals surface area contributed by atoms with Crippen LogP contribution < -0.4 is 30.5 Å². The van der Waals surface area contributed by atoms with E-state index in [1.807, 2.05) is 0 Å². The number of hydrogen-bond acceptors (Lipinski definition) is 2. The van der Waals surface area contributed by atoms with Crippen molar-refractivity contribution in [2.24, 2.45) is 0 Å². The maximum absolute atomic E-state index is 2.55. The van der Waals surface area contributed by atoms with E-state index in [2.05, 4.69) is 292 Å². The molecule has 1 aliphatic carbocycles. The average molecular weight is 1020 g/mol. The van der Waals surface area contributed by atoms with Crippen LogP contribution in [0.2, 0.25) is 26.2 Å². The van der Waals surface area contributed by atoms with E-state index in [0.717, 1.165) is 0 Å². The van der Waals surface area contributed by atoms with Crippen LogP contribution in [0.25, 0.3) is 76.8 Å². The topological polar surface area (TPSA) is 6.48 Å². The zero-order valence-electron chi connectivity index (χ0n) is 44.5. The molecule has 0 saturated heterocycles. The van der Waals surface area contributed by atoms with Gasteiger partial charge in [0, 0.05) is 39.5 Å². The third kappa shape index (κ3) is 6.71. The monoisotopic (exact) mass is 1020 g/mol. The van der Waals surface area contributed by atoms with E-state index < -0.39 is 16.1 Å². The first kappa shape index (κ1) is 45.8. The van der Waals surface area contributed by atoms with Crippen molar-refractivity contribution in [3.8, 4) is 44.5 Å². The van der Waals surface area contributed by atoms with Crippen LogP contribution in [0.15, 0.2) is 243 Å². The molecule has 2 nitrogen and oxygen atoms in total. The molecular formula is C73H58N2Si2. The van der Waals surface area contributed by atoms with Crippen molar-refractivity contribution in [3.63, 3.8) is 0 Å². The summed E-state index contributed by atoms with van der Waals surface area (Å²) < 4.78 is 0. The van der Waals surface area contributed by atoms with E-state index in [-0.39, 0.29) is 5.41 Å². The number of rotatable bonds is 5. The van der Waals surface area contributed by atoms with Gasteiger partial charge < -0.3 is 9.80 Å². The summed E-state index contributed by atoms with van der Waals surface area (Å²) in [5.74, 6) is 0. The first-order valence-corrected chi connectivity index (χ1v) is 33.3. The molecule has 12 aromatic rings. The first-order valence-electron chi connectivity index (χ1n) is 27.3. The molecule has 15 rings (SSSR count). The van der Waals surface area contributed by atoms with Crippen LogP contribution >= 0.6 is 0 Å². The second-order valence-electron chi connectivity index (χ2n) is 23.3. The predicted molar refractivity (Wildman–Crippen MR) is 336 cm³/mol. The minimum absolute atomic E-state index is 0.232. The molecule has 0 aromatic heterocycles. The molecule has 0 amide bonds. The second-order valence-corrected chi connectivity index (χ2v) is 31.9. The lowest BCUT2D eigenvalue weighted by atomic mass is 9.79. The smallest absolute Gasteiger partial charge is 0.117 e. The number of nitrogens with zero attached hydrogens (tertiary/aromatic N) is 2. The number of anilines is 6. The number of benzene rings is 12. The van der Waals surface area contributed by atoms with Gasteiger partial charge in [-0.2, -0.15) is 0 Å². The summed E-state index contributed by atoms with van der Waals surface area (Å²) in [5, 5.41) is 13.3. The van der Waals surface area contributed by atoms with Gasteiger partial charge in [-0.25, -0.2) is 0 Å². The average Bonchev–Trinajstić information content (AvgIpc) is 3.88. The molecule has 3 aliphatic rings. The summed E-state index contributed by atoms with van der Waals surface area (Å²) in [6.45, 7) is 14.9. The number of fused-ring (bicyclic) bond motifs is 10. The van der Waals surface area contributed by atoms with Crippen molar-refractivity contribution in [3.05, 3.63) is 254 Å². The fourth-order valence-electron chi connectivity index (χ4n) is 14.0. The van der Waals surface area contributed by atoms with Crippen LogP contribution in [0.5, 0.6) is 0 Å². The van der Waals surface area contributed by atoms with Gasteiger partial charge >= 0.3 is 0 Å². The van der Waals surface area contributed by atoms with Gasteiger partial charge in [0.25, 0.3) is 0 Å².